The van der Waals surface area contributed by atoms with Crippen LogP contribution >= 0.6 is 22.9 Å². The van der Waals surface area contributed by atoms with Crippen LogP contribution < -0.4 is 4.74 Å². The van der Waals surface area contributed by atoms with Gasteiger partial charge >= 0.3 is 0 Å². The number of rotatable bonds is 6. The fraction of sp³-hybridized carbons (Fsp3) is 0.0417. The summed E-state index contributed by atoms with van der Waals surface area (Å²) in [6.45, 7) is 0.426. The zero-order chi connectivity index (χ0) is 21.0. The Kier molecular flexibility index (Phi) is 5.48. The van der Waals surface area contributed by atoms with Crippen LogP contribution in [0, 0.1) is 0 Å². The lowest BCUT2D eigenvalue weighted by atomic mass is 10.0. The number of hydrogen-bond donors (Lipinski definition) is 0. The van der Waals surface area contributed by atoms with Crippen molar-refractivity contribution in [1.82, 2.24) is 15.2 Å². The Morgan fingerprint density at radius 3 is 2.55 bits per heavy atom. The van der Waals surface area contributed by atoms with Crippen molar-refractivity contribution in [1.29, 1.82) is 0 Å². The Balaban J connectivity index is 1.36. The number of nitrogens with zero attached hydrogens (tertiary/aromatic N) is 3. The zero-order valence-electron chi connectivity index (χ0n) is 16.2. The number of aromatic nitrogens is 3. The van der Waals surface area contributed by atoms with Crippen LogP contribution in [0.3, 0.4) is 0 Å². The van der Waals surface area contributed by atoms with Crippen molar-refractivity contribution in [3.63, 3.8) is 0 Å². The second kappa shape index (κ2) is 8.71. The second-order valence-corrected chi connectivity index (χ2v) is 8.29. The van der Waals surface area contributed by atoms with Gasteiger partial charge in [-0.05, 0) is 53.6 Å². The van der Waals surface area contributed by atoms with Gasteiger partial charge in [-0.1, -0.05) is 48.0 Å². The van der Waals surface area contributed by atoms with Crippen LogP contribution in [0.2, 0.25) is 5.02 Å². The van der Waals surface area contributed by atoms with Gasteiger partial charge in [0.1, 0.15) is 17.4 Å². The monoisotopic (exact) mass is 445 g/mol. The van der Waals surface area contributed by atoms with Gasteiger partial charge in [-0.3, -0.25) is 0 Å². The van der Waals surface area contributed by atoms with Crippen molar-refractivity contribution in [3.05, 3.63) is 106 Å². The summed E-state index contributed by atoms with van der Waals surface area (Å²) in [5.41, 5.74) is 3.73. The van der Waals surface area contributed by atoms with E-state index in [1.165, 1.54) is 6.39 Å². The average Bonchev–Trinajstić information content (AvgIpc) is 3.47. The minimum Gasteiger partial charge on any atom is -0.486 e. The topological polar surface area (TPSA) is 61.0 Å². The van der Waals surface area contributed by atoms with Crippen LogP contribution in [0.5, 0.6) is 5.75 Å². The highest BCUT2D eigenvalue weighted by Gasteiger charge is 2.12. The molecule has 0 amide bonds. The predicted molar refractivity (Wildman–Crippen MR) is 123 cm³/mol. The highest BCUT2D eigenvalue weighted by molar-refractivity contribution is 7.18. The molecule has 0 radical (unpaired) electrons. The highest BCUT2D eigenvalue weighted by atomic mass is 35.5. The normalized spacial score (nSPS) is 11.7. The third-order valence-corrected chi connectivity index (χ3v) is 5.90. The van der Waals surface area contributed by atoms with Crippen LogP contribution in [0.1, 0.15) is 22.0 Å². The molecule has 0 N–H and O–H groups in total. The molecule has 152 valence electrons. The van der Waals surface area contributed by atoms with E-state index in [4.69, 9.17) is 20.8 Å². The average molecular weight is 446 g/mol. The third kappa shape index (κ3) is 4.50. The molecular weight excluding hydrogens is 430 g/mol. The first-order valence-corrected chi connectivity index (χ1v) is 10.8. The van der Waals surface area contributed by atoms with E-state index in [0.29, 0.717) is 17.5 Å². The molecule has 0 bridgehead atoms. The van der Waals surface area contributed by atoms with Gasteiger partial charge in [0.05, 0.1) is 10.2 Å². The van der Waals surface area contributed by atoms with E-state index in [1.54, 1.807) is 11.3 Å². The summed E-state index contributed by atoms with van der Waals surface area (Å²) in [4.78, 5) is 4.61. The molecule has 31 heavy (non-hydrogen) atoms. The quantitative estimate of drug-likeness (QED) is 0.279. The SMILES string of the molecule is Clc1ccc(/C=C(/c2ccc(OCc3nc4ccccc4s3)cc2)c2nnco2)cc1. The van der Waals surface area contributed by atoms with Crippen molar-refractivity contribution in [2.24, 2.45) is 0 Å². The number of halogens is 1. The van der Waals surface area contributed by atoms with Crippen molar-refractivity contribution >= 4 is 44.8 Å². The van der Waals surface area contributed by atoms with Crippen molar-refractivity contribution in [3.8, 4) is 5.75 Å². The Labute approximate surface area is 187 Å². The molecule has 5 nitrogen and oxygen atoms in total. The van der Waals surface area contributed by atoms with Gasteiger partial charge in [0.15, 0.2) is 0 Å². The van der Waals surface area contributed by atoms with Gasteiger partial charge in [0, 0.05) is 10.6 Å². The van der Waals surface area contributed by atoms with Gasteiger partial charge in [-0.15, -0.1) is 21.5 Å². The first-order chi connectivity index (χ1) is 15.2. The summed E-state index contributed by atoms with van der Waals surface area (Å²) >= 11 is 7.64. The van der Waals surface area contributed by atoms with Crippen LogP contribution in [0.15, 0.2) is 83.6 Å². The molecule has 0 fully saturated rings. The fourth-order valence-corrected chi connectivity index (χ4v) is 4.15. The van der Waals surface area contributed by atoms with Crippen LogP contribution in [-0.2, 0) is 6.61 Å². The molecule has 0 saturated carbocycles. The standard InChI is InChI=1S/C24H16ClN3O2S/c25-18-9-5-16(6-10-18)13-20(24-28-26-15-30-24)17-7-11-19(12-8-17)29-14-23-27-21-3-1-2-4-22(21)31-23/h1-13,15H,14H2/b20-13-. The van der Waals surface area contributed by atoms with Crippen molar-refractivity contribution in [2.75, 3.05) is 0 Å². The van der Waals surface area contributed by atoms with Gasteiger partial charge in [0.2, 0.25) is 12.3 Å². The van der Waals surface area contributed by atoms with E-state index in [1.807, 2.05) is 72.8 Å². The number of hydrogen-bond acceptors (Lipinski definition) is 6. The molecule has 0 aliphatic carbocycles. The summed E-state index contributed by atoms with van der Waals surface area (Å²) < 4.78 is 12.6. The maximum absolute atomic E-state index is 6.00. The molecule has 3 aromatic carbocycles. The molecule has 0 aliphatic rings. The number of ether oxygens (including phenoxy) is 1. The lowest BCUT2D eigenvalue weighted by molar-refractivity contribution is 0.306. The van der Waals surface area contributed by atoms with E-state index >= 15 is 0 Å². The van der Waals surface area contributed by atoms with Gasteiger partial charge in [-0.25, -0.2) is 4.98 Å². The van der Waals surface area contributed by atoms with Crippen molar-refractivity contribution < 1.29 is 9.15 Å². The molecule has 0 spiro atoms. The second-order valence-electron chi connectivity index (χ2n) is 6.74. The molecule has 5 rings (SSSR count). The predicted octanol–water partition coefficient (Wildman–Crippen LogP) is 6.50. The number of fused-ring (bicyclic) bond motifs is 1. The molecule has 2 aromatic heterocycles. The van der Waals surface area contributed by atoms with Gasteiger partial charge < -0.3 is 9.15 Å². The van der Waals surface area contributed by atoms with E-state index in [2.05, 4.69) is 21.2 Å². The van der Waals surface area contributed by atoms with Crippen LogP contribution in [0.25, 0.3) is 21.9 Å². The summed E-state index contributed by atoms with van der Waals surface area (Å²) in [5, 5.41) is 9.52. The fourth-order valence-electron chi connectivity index (χ4n) is 3.14. The maximum Gasteiger partial charge on any atom is 0.248 e. The number of benzene rings is 3. The van der Waals surface area contributed by atoms with Crippen LogP contribution in [0.4, 0.5) is 0 Å². The van der Waals surface area contributed by atoms with Gasteiger partial charge in [-0.2, -0.15) is 0 Å². The zero-order valence-corrected chi connectivity index (χ0v) is 17.8. The Morgan fingerprint density at radius 2 is 1.81 bits per heavy atom. The maximum atomic E-state index is 6.00. The minimum atomic E-state index is 0.426. The van der Waals surface area contributed by atoms with Gasteiger partial charge in [0.25, 0.3) is 0 Å². The Morgan fingerprint density at radius 1 is 1.00 bits per heavy atom. The molecule has 0 atom stereocenters. The summed E-state index contributed by atoms with van der Waals surface area (Å²) in [6, 6.07) is 23.4. The summed E-state index contributed by atoms with van der Waals surface area (Å²) in [6.07, 6.45) is 3.31. The largest absolute Gasteiger partial charge is 0.486 e. The molecule has 2 heterocycles. The van der Waals surface area contributed by atoms with E-state index < -0.39 is 0 Å². The molecule has 0 unspecified atom stereocenters. The van der Waals surface area contributed by atoms with E-state index in [9.17, 15) is 0 Å². The molecular formula is C24H16ClN3O2S. The lowest BCUT2D eigenvalue weighted by Crippen LogP contribution is -1.95. The molecule has 7 heteroatoms. The highest BCUT2D eigenvalue weighted by Crippen LogP contribution is 2.28. The summed E-state index contributed by atoms with van der Waals surface area (Å²) in [5.74, 6) is 1.21. The molecule has 5 aromatic rings. The molecule has 0 saturated heterocycles. The summed E-state index contributed by atoms with van der Waals surface area (Å²) in [7, 11) is 0. The van der Waals surface area contributed by atoms with Crippen molar-refractivity contribution in [2.45, 2.75) is 6.61 Å². The Bertz CT molecular complexity index is 1290. The third-order valence-electron chi connectivity index (χ3n) is 4.64. The smallest absolute Gasteiger partial charge is 0.248 e. The number of para-hydroxylation sites is 1. The lowest BCUT2D eigenvalue weighted by Gasteiger charge is -2.07. The Hall–Kier alpha value is -3.48. The first kappa shape index (κ1) is 19.5. The number of thiazole rings is 1. The minimum absolute atomic E-state index is 0.426. The van der Waals surface area contributed by atoms with E-state index in [0.717, 1.165) is 37.7 Å². The van der Waals surface area contributed by atoms with Crippen LogP contribution in [-0.4, -0.2) is 15.2 Å². The molecule has 0 aliphatic heterocycles. The first-order valence-electron chi connectivity index (χ1n) is 9.56. The van der Waals surface area contributed by atoms with E-state index in [-0.39, 0.29) is 0 Å².